The molecule has 0 atom stereocenters. The molecular formula is C48H28OS2. The van der Waals surface area contributed by atoms with Crippen molar-refractivity contribution in [1.29, 1.82) is 0 Å². The van der Waals surface area contributed by atoms with Crippen LogP contribution in [0.2, 0.25) is 0 Å². The quantitative estimate of drug-likeness (QED) is 0.180. The van der Waals surface area contributed by atoms with Crippen LogP contribution in [0.3, 0.4) is 0 Å². The van der Waals surface area contributed by atoms with Gasteiger partial charge < -0.3 is 4.42 Å². The zero-order valence-corrected chi connectivity index (χ0v) is 29.0. The van der Waals surface area contributed by atoms with Gasteiger partial charge in [-0.25, -0.2) is 0 Å². The van der Waals surface area contributed by atoms with Crippen LogP contribution < -0.4 is 0 Å². The minimum atomic E-state index is 0.905. The fraction of sp³-hybridized carbons (Fsp3) is 0. The Balaban J connectivity index is 0.994. The van der Waals surface area contributed by atoms with Crippen molar-refractivity contribution in [2.45, 2.75) is 0 Å². The van der Waals surface area contributed by atoms with Crippen molar-refractivity contribution in [3.63, 3.8) is 0 Å². The molecule has 238 valence electrons. The Morgan fingerprint density at radius 3 is 1.22 bits per heavy atom. The predicted octanol–water partition coefficient (Wildman–Crippen LogP) is 15.0. The van der Waals surface area contributed by atoms with E-state index in [0.717, 1.165) is 21.9 Å². The second kappa shape index (κ2) is 11.3. The van der Waals surface area contributed by atoms with Gasteiger partial charge in [0.1, 0.15) is 11.2 Å². The Kier molecular flexibility index (Phi) is 6.36. The number of hydrogen-bond donors (Lipinski definition) is 0. The summed E-state index contributed by atoms with van der Waals surface area (Å²) in [6.45, 7) is 0. The van der Waals surface area contributed by atoms with E-state index >= 15 is 0 Å². The van der Waals surface area contributed by atoms with E-state index in [1.165, 1.54) is 84.9 Å². The normalized spacial score (nSPS) is 11.9. The monoisotopic (exact) mass is 684 g/mol. The topological polar surface area (TPSA) is 13.1 Å². The van der Waals surface area contributed by atoms with Gasteiger partial charge in [0, 0.05) is 51.1 Å². The van der Waals surface area contributed by atoms with Gasteiger partial charge in [-0.3, -0.25) is 0 Å². The van der Waals surface area contributed by atoms with Crippen molar-refractivity contribution in [1.82, 2.24) is 0 Å². The molecule has 51 heavy (non-hydrogen) atoms. The first-order valence-corrected chi connectivity index (χ1v) is 18.9. The lowest BCUT2D eigenvalue weighted by Gasteiger charge is -2.08. The molecule has 0 spiro atoms. The number of rotatable bonds is 4. The number of hydrogen-bond acceptors (Lipinski definition) is 3. The number of furan rings is 1. The summed E-state index contributed by atoms with van der Waals surface area (Å²) in [5.41, 5.74) is 11.6. The van der Waals surface area contributed by atoms with Gasteiger partial charge in [0.25, 0.3) is 0 Å². The zero-order chi connectivity index (χ0) is 33.5. The average Bonchev–Trinajstić information content (AvgIpc) is 3.89. The summed E-state index contributed by atoms with van der Waals surface area (Å²) in [5, 5.41) is 7.56. The van der Waals surface area contributed by atoms with Crippen LogP contribution in [0.5, 0.6) is 0 Å². The minimum Gasteiger partial charge on any atom is -0.456 e. The fourth-order valence-electron chi connectivity index (χ4n) is 7.82. The molecule has 0 saturated carbocycles. The van der Waals surface area contributed by atoms with Crippen molar-refractivity contribution >= 4 is 85.0 Å². The fourth-order valence-corrected chi connectivity index (χ4v) is 10.3. The lowest BCUT2D eigenvalue weighted by Crippen LogP contribution is -1.83. The molecular weight excluding hydrogens is 657 g/mol. The van der Waals surface area contributed by atoms with Crippen LogP contribution in [0.15, 0.2) is 174 Å². The highest BCUT2D eigenvalue weighted by Crippen LogP contribution is 2.43. The molecule has 0 aliphatic heterocycles. The van der Waals surface area contributed by atoms with E-state index in [2.05, 4.69) is 170 Å². The zero-order valence-electron chi connectivity index (χ0n) is 27.4. The third-order valence-electron chi connectivity index (χ3n) is 10.3. The highest BCUT2D eigenvalue weighted by atomic mass is 32.1. The van der Waals surface area contributed by atoms with Crippen molar-refractivity contribution < 1.29 is 4.42 Å². The van der Waals surface area contributed by atoms with Gasteiger partial charge in [-0.1, -0.05) is 121 Å². The third-order valence-corrected chi connectivity index (χ3v) is 12.7. The Bertz CT molecular complexity index is 2940. The van der Waals surface area contributed by atoms with Crippen molar-refractivity contribution in [2.24, 2.45) is 0 Å². The standard InChI is InChI=1S/C48H28OS2/c1-3-19-45-37(13-1)39-17-7-15-35(47(39)50-45)33-11-5-9-29(25-33)31-21-23-43-41(27-31)42-28-32(22-24-44(42)49-43)30-10-6-12-34(26-30)36-16-8-18-40-38-14-2-4-20-46(38)51-48(36)40/h1-28H. The Labute approximate surface area is 302 Å². The van der Waals surface area contributed by atoms with Gasteiger partial charge in [-0.2, -0.15) is 0 Å². The SMILES string of the molecule is c1cc(-c2ccc3oc4ccc(-c5cccc(-c6cccc7c6sc6ccccc67)c5)cc4c3c2)cc(-c2cccc3c2sc2ccccc23)c1. The molecule has 0 aliphatic rings. The molecule has 1 nitrogen and oxygen atoms in total. The molecule has 0 aliphatic carbocycles. The van der Waals surface area contributed by atoms with E-state index in [0.29, 0.717) is 0 Å². The lowest BCUT2D eigenvalue weighted by atomic mass is 9.96. The van der Waals surface area contributed by atoms with E-state index in [4.69, 9.17) is 4.42 Å². The van der Waals surface area contributed by atoms with Crippen molar-refractivity contribution in [3.05, 3.63) is 170 Å². The van der Waals surface area contributed by atoms with Crippen molar-refractivity contribution in [2.75, 3.05) is 0 Å². The van der Waals surface area contributed by atoms with E-state index in [9.17, 15) is 0 Å². The van der Waals surface area contributed by atoms with Gasteiger partial charge in [0.05, 0.1) is 0 Å². The molecule has 0 unspecified atom stereocenters. The van der Waals surface area contributed by atoms with Crippen LogP contribution in [-0.4, -0.2) is 0 Å². The van der Waals surface area contributed by atoms with Crippen LogP contribution in [0.25, 0.3) is 107 Å². The highest BCUT2D eigenvalue weighted by Gasteiger charge is 2.15. The summed E-state index contributed by atoms with van der Waals surface area (Å²) in [5.74, 6) is 0. The van der Waals surface area contributed by atoms with Crippen LogP contribution in [0.1, 0.15) is 0 Å². The maximum absolute atomic E-state index is 6.38. The molecule has 0 radical (unpaired) electrons. The Hall–Kier alpha value is -6.00. The maximum atomic E-state index is 6.38. The maximum Gasteiger partial charge on any atom is 0.135 e. The first kappa shape index (κ1) is 28.8. The number of thiophene rings is 2. The van der Waals surface area contributed by atoms with Gasteiger partial charge in [0.2, 0.25) is 0 Å². The summed E-state index contributed by atoms with van der Waals surface area (Å²) < 4.78 is 11.7. The van der Waals surface area contributed by atoms with Gasteiger partial charge in [-0.15, -0.1) is 22.7 Å². The molecule has 0 N–H and O–H groups in total. The van der Waals surface area contributed by atoms with E-state index in [1.807, 2.05) is 22.7 Å². The van der Waals surface area contributed by atoms with Crippen molar-refractivity contribution in [3.8, 4) is 44.5 Å². The molecule has 0 fully saturated rings. The van der Waals surface area contributed by atoms with Gasteiger partial charge in [-0.05, 0) is 93.0 Å². The summed E-state index contributed by atoms with van der Waals surface area (Å²) in [6.07, 6.45) is 0. The third kappa shape index (κ3) is 4.59. The Morgan fingerprint density at radius 2 is 0.706 bits per heavy atom. The number of fused-ring (bicyclic) bond motifs is 9. The van der Waals surface area contributed by atoms with E-state index in [-0.39, 0.29) is 0 Å². The Morgan fingerprint density at radius 1 is 0.294 bits per heavy atom. The smallest absolute Gasteiger partial charge is 0.135 e. The molecule has 0 amide bonds. The van der Waals surface area contributed by atoms with Crippen LogP contribution in [0, 0.1) is 0 Å². The average molecular weight is 685 g/mol. The lowest BCUT2D eigenvalue weighted by molar-refractivity contribution is 0.669. The molecule has 3 heterocycles. The predicted molar refractivity (Wildman–Crippen MR) is 221 cm³/mol. The number of benzene rings is 8. The van der Waals surface area contributed by atoms with E-state index in [1.54, 1.807) is 0 Å². The first-order chi connectivity index (χ1) is 25.2. The second-order valence-electron chi connectivity index (χ2n) is 13.2. The molecule has 3 heteroatoms. The minimum absolute atomic E-state index is 0.905. The first-order valence-electron chi connectivity index (χ1n) is 17.2. The molecule has 3 aromatic heterocycles. The largest absolute Gasteiger partial charge is 0.456 e. The molecule has 11 rings (SSSR count). The summed E-state index contributed by atoms with van der Waals surface area (Å²) in [6, 6.07) is 61.9. The highest BCUT2D eigenvalue weighted by molar-refractivity contribution is 7.26. The van der Waals surface area contributed by atoms with Crippen LogP contribution in [0.4, 0.5) is 0 Å². The van der Waals surface area contributed by atoms with Crippen LogP contribution in [-0.2, 0) is 0 Å². The van der Waals surface area contributed by atoms with Crippen LogP contribution >= 0.6 is 22.7 Å². The van der Waals surface area contributed by atoms with Gasteiger partial charge >= 0.3 is 0 Å². The molecule has 11 aromatic rings. The molecule has 0 bridgehead atoms. The van der Waals surface area contributed by atoms with Gasteiger partial charge in [0.15, 0.2) is 0 Å². The van der Waals surface area contributed by atoms with E-state index < -0.39 is 0 Å². The summed E-state index contributed by atoms with van der Waals surface area (Å²) in [4.78, 5) is 0. The molecule has 0 saturated heterocycles. The summed E-state index contributed by atoms with van der Waals surface area (Å²) in [7, 11) is 0. The molecule has 8 aromatic carbocycles. The second-order valence-corrected chi connectivity index (χ2v) is 15.4. The summed E-state index contributed by atoms with van der Waals surface area (Å²) >= 11 is 3.75.